The highest BCUT2D eigenvalue weighted by Gasteiger charge is 2.15. The Morgan fingerprint density at radius 2 is 2.15 bits per heavy atom. The molecule has 0 bridgehead atoms. The quantitative estimate of drug-likeness (QED) is 0.672. The van der Waals surface area contributed by atoms with Gasteiger partial charge in [-0.3, -0.25) is 10.1 Å². The molecule has 1 aromatic carbocycles. The van der Waals surface area contributed by atoms with Crippen molar-refractivity contribution in [1.82, 2.24) is 0 Å². The summed E-state index contributed by atoms with van der Waals surface area (Å²) in [4.78, 5) is 20.8. The highest BCUT2D eigenvalue weighted by atomic mass is 35.5. The van der Waals surface area contributed by atoms with Crippen LogP contribution in [0.25, 0.3) is 0 Å². The fraction of sp³-hybridized carbons (Fsp3) is 0.0833. The van der Waals surface area contributed by atoms with Gasteiger partial charge >= 0.3 is 11.9 Å². The fourth-order valence-electron chi connectivity index (χ4n) is 1.49. The van der Waals surface area contributed by atoms with Crippen LogP contribution in [0.4, 0.5) is 5.88 Å². The van der Waals surface area contributed by atoms with Crippen molar-refractivity contribution >= 4 is 23.5 Å². The summed E-state index contributed by atoms with van der Waals surface area (Å²) in [6.07, 6.45) is 0. The largest absolute Gasteiger partial charge is 0.485 e. The number of carbonyl (C=O) groups is 1. The van der Waals surface area contributed by atoms with Crippen LogP contribution in [0, 0.1) is 10.1 Å². The van der Waals surface area contributed by atoms with E-state index in [0.717, 1.165) is 0 Å². The molecule has 0 aliphatic heterocycles. The summed E-state index contributed by atoms with van der Waals surface area (Å²) >= 11 is 5.70. The molecule has 104 valence electrons. The van der Waals surface area contributed by atoms with Crippen LogP contribution in [0.1, 0.15) is 16.1 Å². The van der Waals surface area contributed by atoms with E-state index >= 15 is 0 Å². The number of nitrogens with zero attached hydrogens (tertiary/aromatic N) is 1. The maximum absolute atomic E-state index is 11.0. The van der Waals surface area contributed by atoms with Crippen molar-refractivity contribution in [2.45, 2.75) is 6.61 Å². The van der Waals surface area contributed by atoms with Crippen LogP contribution in [0.2, 0.25) is 5.02 Å². The molecule has 20 heavy (non-hydrogen) atoms. The molecule has 0 aliphatic carbocycles. The molecule has 8 heteroatoms. The first-order chi connectivity index (χ1) is 9.47. The van der Waals surface area contributed by atoms with Gasteiger partial charge in [0.05, 0.1) is 6.07 Å². The molecule has 0 saturated carbocycles. The number of hydrogen-bond acceptors (Lipinski definition) is 5. The Bertz CT molecular complexity index is 666. The normalized spacial score (nSPS) is 10.2. The third-order valence-corrected chi connectivity index (χ3v) is 2.60. The summed E-state index contributed by atoms with van der Waals surface area (Å²) in [6, 6.07) is 6.72. The number of furan rings is 1. The number of carboxylic acid groups (broad SMARTS) is 1. The second-order valence-electron chi connectivity index (χ2n) is 3.73. The Morgan fingerprint density at radius 3 is 2.75 bits per heavy atom. The Labute approximate surface area is 117 Å². The number of carboxylic acids is 1. The van der Waals surface area contributed by atoms with Gasteiger partial charge < -0.3 is 14.3 Å². The van der Waals surface area contributed by atoms with Crippen molar-refractivity contribution in [3.05, 3.63) is 56.8 Å². The Balaban J connectivity index is 2.14. The SMILES string of the molecule is O=C(O)c1cc(Cl)ccc1OCc1ccc([N+](=O)[O-])o1. The zero-order valence-corrected chi connectivity index (χ0v) is 10.7. The summed E-state index contributed by atoms with van der Waals surface area (Å²) < 4.78 is 10.2. The molecule has 2 rings (SSSR count). The molecular formula is C12H8ClNO6. The molecule has 0 unspecified atom stereocenters. The molecule has 0 amide bonds. The van der Waals surface area contributed by atoms with E-state index in [9.17, 15) is 14.9 Å². The molecule has 0 fully saturated rings. The average Bonchev–Trinajstić information content (AvgIpc) is 2.86. The van der Waals surface area contributed by atoms with Crippen molar-refractivity contribution in [2.75, 3.05) is 0 Å². The van der Waals surface area contributed by atoms with Crippen molar-refractivity contribution in [3.63, 3.8) is 0 Å². The standard InChI is InChI=1S/C12H8ClNO6/c13-7-1-3-10(9(5-7)12(15)16)19-6-8-2-4-11(20-8)14(17)18/h1-5H,6H2,(H,15,16). The molecule has 0 saturated heterocycles. The number of benzene rings is 1. The first kappa shape index (κ1) is 13.9. The molecule has 0 atom stereocenters. The van der Waals surface area contributed by atoms with Crippen molar-refractivity contribution in [2.24, 2.45) is 0 Å². The highest BCUT2D eigenvalue weighted by molar-refractivity contribution is 6.31. The molecule has 1 aromatic heterocycles. The Hall–Kier alpha value is -2.54. The van der Waals surface area contributed by atoms with Crippen molar-refractivity contribution in [1.29, 1.82) is 0 Å². The van der Waals surface area contributed by atoms with E-state index in [1.165, 1.54) is 30.3 Å². The molecule has 0 spiro atoms. The minimum atomic E-state index is -1.19. The van der Waals surface area contributed by atoms with Gasteiger partial charge in [-0.05, 0) is 24.3 Å². The lowest BCUT2D eigenvalue weighted by molar-refractivity contribution is -0.402. The van der Waals surface area contributed by atoms with Gasteiger partial charge in [-0.25, -0.2) is 4.79 Å². The Kier molecular flexibility index (Phi) is 3.90. The monoisotopic (exact) mass is 297 g/mol. The van der Waals surface area contributed by atoms with Crippen molar-refractivity contribution in [3.8, 4) is 5.75 Å². The molecule has 2 aromatic rings. The number of rotatable bonds is 5. The molecule has 1 heterocycles. The van der Waals surface area contributed by atoms with Crippen LogP contribution in [-0.4, -0.2) is 16.0 Å². The Morgan fingerprint density at radius 1 is 1.40 bits per heavy atom. The van der Waals surface area contributed by atoms with Crippen molar-refractivity contribution < 1.29 is 24.0 Å². The highest BCUT2D eigenvalue weighted by Crippen LogP contribution is 2.24. The predicted octanol–water partition coefficient (Wildman–Crippen LogP) is 3.12. The predicted molar refractivity (Wildman–Crippen MR) is 68.1 cm³/mol. The second-order valence-corrected chi connectivity index (χ2v) is 4.17. The fourth-order valence-corrected chi connectivity index (χ4v) is 1.66. The minimum Gasteiger partial charge on any atom is -0.485 e. The van der Waals surface area contributed by atoms with Crippen LogP contribution >= 0.6 is 11.6 Å². The minimum absolute atomic E-state index is 0.0981. The van der Waals surface area contributed by atoms with Crippen LogP contribution in [0.5, 0.6) is 5.75 Å². The molecule has 1 N–H and O–H groups in total. The van der Waals surface area contributed by atoms with E-state index in [0.29, 0.717) is 0 Å². The summed E-state index contributed by atoms with van der Waals surface area (Å²) in [5, 5.41) is 19.7. The topological polar surface area (TPSA) is 103 Å². The lowest BCUT2D eigenvalue weighted by Crippen LogP contribution is -2.03. The van der Waals surface area contributed by atoms with E-state index in [1.54, 1.807) is 0 Å². The molecular weight excluding hydrogens is 290 g/mol. The number of halogens is 1. The molecule has 7 nitrogen and oxygen atoms in total. The maximum Gasteiger partial charge on any atom is 0.433 e. The van der Waals surface area contributed by atoms with Crippen LogP contribution < -0.4 is 4.74 Å². The first-order valence-electron chi connectivity index (χ1n) is 5.36. The summed E-state index contributed by atoms with van der Waals surface area (Å²) in [7, 11) is 0. The van der Waals surface area contributed by atoms with Crippen LogP contribution in [0.15, 0.2) is 34.7 Å². The number of aromatic carboxylic acids is 1. The lowest BCUT2D eigenvalue weighted by Gasteiger charge is -2.07. The lowest BCUT2D eigenvalue weighted by atomic mass is 10.2. The van der Waals surface area contributed by atoms with Crippen LogP contribution in [0.3, 0.4) is 0 Å². The summed E-state index contributed by atoms with van der Waals surface area (Å²) in [5.74, 6) is -1.28. The molecule has 0 radical (unpaired) electrons. The first-order valence-corrected chi connectivity index (χ1v) is 5.74. The van der Waals surface area contributed by atoms with Gasteiger partial charge in [0.2, 0.25) is 0 Å². The molecule has 0 aliphatic rings. The second kappa shape index (κ2) is 5.62. The summed E-state index contributed by atoms with van der Waals surface area (Å²) in [6.45, 7) is -0.129. The van der Waals surface area contributed by atoms with Gasteiger partial charge in [0, 0.05) is 5.02 Å². The van der Waals surface area contributed by atoms with Gasteiger partial charge in [0.25, 0.3) is 0 Å². The maximum atomic E-state index is 11.0. The van der Waals surface area contributed by atoms with E-state index < -0.39 is 16.8 Å². The zero-order valence-electron chi connectivity index (χ0n) is 9.91. The van der Waals surface area contributed by atoms with Gasteiger partial charge in [0.15, 0.2) is 0 Å². The zero-order chi connectivity index (χ0) is 14.7. The van der Waals surface area contributed by atoms with Gasteiger partial charge in [-0.2, -0.15) is 0 Å². The van der Waals surface area contributed by atoms with Gasteiger partial charge in [-0.1, -0.05) is 11.6 Å². The van der Waals surface area contributed by atoms with Gasteiger partial charge in [0.1, 0.15) is 28.6 Å². The number of nitro groups is 1. The average molecular weight is 298 g/mol. The third kappa shape index (κ3) is 3.07. The smallest absolute Gasteiger partial charge is 0.433 e. The van der Waals surface area contributed by atoms with E-state index in [1.807, 2.05) is 0 Å². The summed E-state index contributed by atoms with van der Waals surface area (Å²) in [5.41, 5.74) is -0.0986. The van der Waals surface area contributed by atoms with E-state index in [4.69, 9.17) is 25.9 Å². The third-order valence-electron chi connectivity index (χ3n) is 2.37. The number of ether oxygens (including phenoxy) is 1. The van der Waals surface area contributed by atoms with E-state index in [2.05, 4.69) is 0 Å². The van der Waals surface area contributed by atoms with Gasteiger partial charge in [-0.15, -0.1) is 0 Å². The van der Waals surface area contributed by atoms with E-state index in [-0.39, 0.29) is 28.7 Å². The number of hydrogen-bond donors (Lipinski definition) is 1. The van der Waals surface area contributed by atoms with Crippen LogP contribution in [-0.2, 0) is 6.61 Å².